The number of alkyl halides is 1. The molecular formula is C29H34ClF2N7O. The molecule has 11 heteroatoms. The Bertz CT molecular complexity index is 1530. The van der Waals surface area contributed by atoms with Crippen molar-refractivity contribution in [2.75, 3.05) is 19.8 Å². The van der Waals surface area contributed by atoms with E-state index in [1.807, 2.05) is 31.2 Å². The van der Waals surface area contributed by atoms with Gasteiger partial charge in [0.1, 0.15) is 18.2 Å². The van der Waals surface area contributed by atoms with Gasteiger partial charge in [0.15, 0.2) is 5.82 Å². The van der Waals surface area contributed by atoms with E-state index < -0.39 is 18.2 Å². The highest BCUT2D eigenvalue weighted by molar-refractivity contribution is 6.31. The summed E-state index contributed by atoms with van der Waals surface area (Å²) in [5.74, 6) is -0.510. The first-order valence-corrected chi connectivity index (χ1v) is 13.6. The number of aromatic nitrogens is 3. The maximum Gasteiger partial charge on any atom is 0.354 e. The number of fused-ring (bicyclic) bond motifs is 1. The zero-order chi connectivity index (χ0) is 28.6. The molecule has 0 fully saturated rings. The Balaban J connectivity index is 1.48. The van der Waals surface area contributed by atoms with Crippen LogP contribution in [0, 0.1) is 5.82 Å². The number of aliphatic imine (C=N–C) groups is 1. The Morgan fingerprint density at radius 1 is 1.20 bits per heavy atom. The topological polar surface area (TPSA) is 127 Å². The van der Waals surface area contributed by atoms with Gasteiger partial charge in [-0.3, -0.25) is 9.56 Å². The highest BCUT2D eigenvalue weighted by atomic mass is 35.5. The Morgan fingerprint density at radius 3 is 2.70 bits per heavy atom. The average Bonchev–Trinajstić information content (AvgIpc) is 3.34. The second-order valence-electron chi connectivity index (χ2n) is 9.89. The van der Waals surface area contributed by atoms with E-state index in [-0.39, 0.29) is 16.9 Å². The van der Waals surface area contributed by atoms with Crippen molar-refractivity contribution in [3.63, 3.8) is 0 Å². The van der Waals surface area contributed by atoms with E-state index in [2.05, 4.69) is 20.3 Å². The van der Waals surface area contributed by atoms with Gasteiger partial charge in [-0.2, -0.15) is 4.98 Å². The van der Waals surface area contributed by atoms with Crippen molar-refractivity contribution in [2.24, 2.45) is 16.5 Å². The molecule has 212 valence electrons. The number of amidine groups is 1. The van der Waals surface area contributed by atoms with Crippen molar-refractivity contribution < 1.29 is 8.78 Å². The molecule has 0 saturated carbocycles. The summed E-state index contributed by atoms with van der Waals surface area (Å²) < 4.78 is 28.8. The fourth-order valence-corrected chi connectivity index (χ4v) is 4.66. The van der Waals surface area contributed by atoms with Crippen LogP contribution in [0.5, 0.6) is 0 Å². The summed E-state index contributed by atoms with van der Waals surface area (Å²) in [7, 11) is 0. The molecule has 0 amide bonds. The molecule has 0 bridgehead atoms. The van der Waals surface area contributed by atoms with Gasteiger partial charge >= 0.3 is 5.69 Å². The van der Waals surface area contributed by atoms with Gasteiger partial charge in [-0.1, -0.05) is 23.7 Å². The molecule has 0 radical (unpaired) electrons. The standard InChI is InChI=1S/C29H34ClF2N7O/c1-18(33)4-2-5-20-12-23(27(32)24(30)13-20)25-14-21-17-39(29(40)38-28(21)37-25)22-8-6-19(7-9-22)16-35-10-3-11-36-26(34)15-31/h6-9,12-14,17-18,35H,2-5,10-11,15-16,33H2,1H3,(H2,34,36)(H,37,38,40). The van der Waals surface area contributed by atoms with Crippen molar-refractivity contribution in [3.8, 4) is 16.9 Å². The van der Waals surface area contributed by atoms with Crippen LogP contribution < -0.4 is 22.5 Å². The van der Waals surface area contributed by atoms with Gasteiger partial charge in [-0.05, 0) is 80.6 Å². The average molecular weight is 570 g/mol. The van der Waals surface area contributed by atoms with Crippen LogP contribution in [-0.4, -0.2) is 46.2 Å². The number of nitrogens with zero attached hydrogens (tertiary/aromatic N) is 3. The minimum Gasteiger partial charge on any atom is -0.385 e. The van der Waals surface area contributed by atoms with Crippen molar-refractivity contribution >= 4 is 28.5 Å². The first-order valence-electron chi connectivity index (χ1n) is 13.3. The quantitative estimate of drug-likeness (QED) is 0.106. The molecule has 40 heavy (non-hydrogen) atoms. The summed E-state index contributed by atoms with van der Waals surface area (Å²) in [5.41, 5.74) is 14.5. The lowest BCUT2D eigenvalue weighted by Crippen LogP contribution is -2.20. The van der Waals surface area contributed by atoms with Crippen LogP contribution in [0.3, 0.4) is 0 Å². The van der Waals surface area contributed by atoms with Crippen molar-refractivity contribution in [2.45, 2.75) is 45.2 Å². The summed E-state index contributed by atoms with van der Waals surface area (Å²) in [5, 5.41) is 4.01. The Hall–Kier alpha value is -3.60. The van der Waals surface area contributed by atoms with Crippen LogP contribution in [0.4, 0.5) is 8.78 Å². The maximum absolute atomic E-state index is 15.0. The molecule has 4 rings (SSSR count). The van der Waals surface area contributed by atoms with Crippen molar-refractivity contribution in [1.82, 2.24) is 19.9 Å². The third-order valence-electron chi connectivity index (χ3n) is 6.52. The molecule has 0 spiro atoms. The number of hydrogen-bond acceptors (Lipinski definition) is 5. The number of aryl methyl sites for hydroxylation is 1. The molecule has 0 aliphatic carbocycles. The monoisotopic (exact) mass is 569 g/mol. The molecule has 6 N–H and O–H groups in total. The first-order chi connectivity index (χ1) is 19.2. The van der Waals surface area contributed by atoms with E-state index in [4.69, 9.17) is 23.1 Å². The Morgan fingerprint density at radius 2 is 1.98 bits per heavy atom. The summed E-state index contributed by atoms with van der Waals surface area (Å²) in [6, 6.07) is 12.8. The molecular weight excluding hydrogens is 536 g/mol. The summed E-state index contributed by atoms with van der Waals surface area (Å²) in [6.45, 7) is 3.04. The van der Waals surface area contributed by atoms with E-state index in [9.17, 15) is 9.18 Å². The van der Waals surface area contributed by atoms with Crippen molar-refractivity contribution in [1.29, 1.82) is 0 Å². The minimum atomic E-state index is -0.729. The predicted octanol–water partition coefficient (Wildman–Crippen LogP) is 4.65. The molecule has 0 aliphatic heterocycles. The van der Waals surface area contributed by atoms with E-state index in [1.54, 1.807) is 24.4 Å². The van der Waals surface area contributed by atoms with Gasteiger partial charge in [-0.15, -0.1) is 0 Å². The maximum atomic E-state index is 15.0. The Labute approximate surface area is 236 Å². The number of halogens is 3. The fraction of sp³-hybridized carbons (Fsp3) is 0.345. The van der Waals surface area contributed by atoms with Crippen LogP contribution in [-0.2, 0) is 13.0 Å². The van der Waals surface area contributed by atoms with Crippen LogP contribution in [0.1, 0.15) is 37.3 Å². The van der Waals surface area contributed by atoms with E-state index in [0.29, 0.717) is 47.6 Å². The van der Waals surface area contributed by atoms with Gasteiger partial charge < -0.3 is 21.8 Å². The number of rotatable bonds is 13. The molecule has 2 aromatic carbocycles. The highest BCUT2D eigenvalue weighted by Gasteiger charge is 2.15. The van der Waals surface area contributed by atoms with Gasteiger partial charge in [0.2, 0.25) is 0 Å². The highest BCUT2D eigenvalue weighted by Crippen LogP contribution is 2.31. The number of nitrogens with one attached hydrogen (secondary N) is 2. The van der Waals surface area contributed by atoms with E-state index >= 15 is 4.39 Å². The number of hydrogen-bond donors (Lipinski definition) is 4. The first kappa shape index (κ1) is 29.4. The summed E-state index contributed by atoms with van der Waals surface area (Å²) in [6.07, 6.45) is 4.89. The molecule has 1 unspecified atom stereocenters. The lowest BCUT2D eigenvalue weighted by Gasteiger charge is -2.09. The molecule has 8 nitrogen and oxygen atoms in total. The number of aromatic amines is 1. The van der Waals surface area contributed by atoms with Crippen LogP contribution >= 0.6 is 11.6 Å². The van der Waals surface area contributed by atoms with Gasteiger partial charge in [0, 0.05) is 36.3 Å². The third kappa shape index (κ3) is 7.53. The molecule has 4 aromatic rings. The fourth-order valence-electron chi connectivity index (χ4n) is 4.41. The van der Waals surface area contributed by atoms with E-state index in [0.717, 1.165) is 36.8 Å². The normalized spacial score (nSPS) is 12.8. The smallest absolute Gasteiger partial charge is 0.354 e. The number of H-pyrrole nitrogens is 1. The Kier molecular flexibility index (Phi) is 10.0. The molecule has 2 aromatic heterocycles. The van der Waals surface area contributed by atoms with Crippen LogP contribution in [0.15, 0.2) is 58.4 Å². The second-order valence-corrected chi connectivity index (χ2v) is 10.3. The van der Waals surface area contributed by atoms with Crippen molar-refractivity contribution in [3.05, 3.63) is 81.1 Å². The summed E-state index contributed by atoms with van der Waals surface area (Å²) in [4.78, 5) is 24.0. The molecule has 0 aliphatic rings. The van der Waals surface area contributed by atoms with Gasteiger partial charge in [0.25, 0.3) is 0 Å². The third-order valence-corrected chi connectivity index (χ3v) is 6.79. The predicted molar refractivity (Wildman–Crippen MR) is 157 cm³/mol. The molecule has 0 saturated heterocycles. The zero-order valence-electron chi connectivity index (χ0n) is 22.4. The van der Waals surface area contributed by atoms with E-state index in [1.165, 1.54) is 4.57 Å². The molecule has 1 atom stereocenters. The van der Waals surface area contributed by atoms with Gasteiger partial charge in [0.05, 0.1) is 16.4 Å². The van der Waals surface area contributed by atoms with Crippen LogP contribution in [0.2, 0.25) is 5.02 Å². The SMILES string of the molecule is CC(N)CCCc1cc(Cl)c(F)c(-c2cc3cn(-c4ccc(CNCCCN=C(N)CF)cc4)c(=O)nc3[nH]2)c1. The number of nitrogens with two attached hydrogens (primary N) is 2. The zero-order valence-corrected chi connectivity index (χ0v) is 23.1. The minimum absolute atomic E-state index is 0.0175. The largest absolute Gasteiger partial charge is 0.385 e. The van der Waals surface area contributed by atoms with Crippen LogP contribution in [0.25, 0.3) is 28.0 Å². The second kappa shape index (κ2) is 13.6. The lowest BCUT2D eigenvalue weighted by molar-refractivity contribution is 0.576. The number of benzene rings is 2. The lowest BCUT2D eigenvalue weighted by atomic mass is 10.0. The summed E-state index contributed by atoms with van der Waals surface area (Å²) >= 11 is 6.21. The van der Waals surface area contributed by atoms with Gasteiger partial charge in [-0.25, -0.2) is 13.6 Å². The molecule has 2 heterocycles.